The summed E-state index contributed by atoms with van der Waals surface area (Å²) >= 11 is 0. The lowest BCUT2D eigenvalue weighted by molar-refractivity contribution is -0.138. The molecule has 0 radical (unpaired) electrons. The van der Waals surface area contributed by atoms with Crippen molar-refractivity contribution in [3.8, 4) is 0 Å². The quantitative estimate of drug-likeness (QED) is 0.665. The molecule has 0 fully saturated rings. The molecule has 0 spiro atoms. The van der Waals surface area contributed by atoms with E-state index in [4.69, 9.17) is 9.84 Å². The van der Waals surface area contributed by atoms with Crippen LogP contribution in [-0.4, -0.2) is 30.6 Å². The molecule has 0 aromatic rings. The van der Waals surface area contributed by atoms with Crippen LogP contribution in [0.2, 0.25) is 0 Å². The molecule has 1 atom stereocenters. The van der Waals surface area contributed by atoms with Crippen LogP contribution in [0.4, 0.5) is 13.2 Å². The lowest BCUT2D eigenvalue weighted by Gasteiger charge is -2.07. The van der Waals surface area contributed by atoms with Gasteiger partial charge in [0.25, 0.3) is 0 Å². The van der Waals surface area contributed by atoms with Crippen LogP contribution in [0.15, 0.2) is 0 Å². The van der Waals surface area contributed by atoms with Crippen molar-refractivity contribution >= 4 is 0 Å². The molecule has 0 aliphatic carbocycles. The summed E-state index contributed by atoms with van der Waals surface area (Å²) < 4.78 is 39.7. The summed E-state index contributed by atoms with van der Waals surface area (Å²) in [6.07, 6.45) is -4.90. The highest BCUT2D eigenvalue weighted by Crippen LogP contribution is 2.20. The van der Waals surface area contributed by atoms with Gasteiger partial charge < -0.3 is 9.84 Å². The van der Waals surface area contributed by atoms with Gasteiger partial charge in [-0.3, -0.25) is 0 Å². The molecule has 1 N–H and O–H groups in total. The third kappa shape index (κ3) is 11.7. The zero-order valence-corrected chi connectivity index (χ0v) is 7.60. The molecule has 0 rings (SSSR count). The Morgan fingerprint density at radius 1 is 1.31 bits per heavy atom. The van der Waals surface area contributed by atoms with Crippen LogP contribution in [0.3, 0.4) is 0 Å². The Bertz CT molecular complexity index is 123. The largest absolute Gasteiger partial charge is 0.393 e. The highest BCUT2D eigenvalue weighted by Gasteiger charge is 2.25. The van der Waals surface area contributed by atoms with E-state index in [1.54, 1.807) is 6.92 Å². The van der Waals surface area contributed by atoms with Gasteiger partial charge in [-0.15, -0.1) is 0 Å². The summed E-state index contributed by atoms with van der Waals surface area (Å²) in [5.41, 5.74) is 0. The summed E-state index contributed by atoms with van der Waals surface area (Å²) in [5, 5.41) is 8.78. The Balaban J connectivity index is 3.09. The molecule has 0 aromatic carbocycles. The smallest absolute Gasteiger partial charge is 0.389 e. The van der Waals surface area contributed by atoms with Gasteiger partial charge in [-0.05, 0) is 19.8 Å². The minimum Gasteiger partial charge on any atom is -0.393 e. The molecule has 13 heavy (non-hydrogen) atoms. The fourth-order valence-corrected chi connectivity index (χ4v) is 0.731. The average Bonchev–Trinajstić information content (AvgIpc) is 1.93. The second-order valence-electron chi connectivity index (χ2n) is 2.97. The fraction of sp³-hybridized carbons (Fsp3) is 1.00. The number of rotatable bonds is 6. The molecule has 0 aliphatic rings. The van der Waals surface area contributed by atoms with Gasteiger partial charge in [0.05, 0.1) is 6.10 Å². The molecular weight excluding hydrogens is 185 g/mol. The molecule has 2 nitrogen and oxygen atoms in total. The summed E-state index contributed by atoms with van der Waals surface area (Å²) in [6.45, 7) is 2.03. The third-order valence-electron chi connectivity index (χ3n) is 1.43. The summed E-state index contributed by atoms with van der Waals surface area (Å²) in [6, 6.07) is 0. The first kappa shape index (κ1) is 12.7. The molecule has 0 aliphatic heterocycles. The topological polar surface area (TPSA) is 29.5 Å². The molecule has 0 aromatic heterocycles. The number of halogens is 3. The van der Waals surface area contributed by atoms with Crippen molar-refractivity contribution in [3.05, 3.63) is 0 Å². The predicted octanol–water partition coefficient (Wildman–Crippen LogP) is 2.12. The van der Waals surface area contributed by atoms with E-state index in [0.29, 0.717) is 13.0 Å². The van der Waals surface area contributed by atoms with Crippen LogP contribution in [0.1, 0.15) is 26.2 Å². The zero-order chi connectivity index (χ0) is 10.3. The molecule has 0 amide bonds. The summed E-state index contributed by atoms with van der Waals surface area (Å²) in [4.78, 5) is 0. The third-order valence-corrected chi connectivity index (χ3v) is 1.43. The second kappa shape index (κ2) is 6.21. The van der Waals surface area contributed by atoms with Gasteiger partial charge >= 0.3 is 6.18 Å². The highest BCUT2D eigenvalue weighted by molar-refractivity contribution is 4.50. The molecular formula is C8H15F3O2. The van der Waals surface area contributed by atoms with E-state index in [1.807, 2.05) is 0 Å². The minimum atomic E-state index is -4.09. The number of hydrogen-bond acceptors (Lipinski definition) is 2. The van der Waals surface area contributed by atoms with E-state index in [2.05, 4.69) is 0 Å². The Labute approximate surface area is 75.7 Å². The first-order chi connectivity index (χ1) is 5.92. The number of hydrogen-bond donors (Lipinski definition) is 1. The maximum atomic E-state index is 11.6. The Kier molecular flexibility index (Phi) is 6.07. The maximum Gasteiger partial charge on any atom is 0.389 e. The number of aliphatic hydroxyl groups is 1. The van der Waals surface area contributed by atoms with E-state index in [-0.39, 0.29) is 13.0 Å². The van der Waals surface area contributed by atoms with Crippen LogP contribution in [0, 0.1) is 0 Å². The zero-order valence-electron chi connectivity index (χ0n) is 7.60. The fourth-order valence-electron chi connectivity index (χ4n) is 0.731. The average molecular weight is 200 g/mol. The highest BCUT2D eigenvalue weighted by atomic mass is 19.4. The standard InChI is InChI=1S/C8H15F3O2/c1-7(12)3-6-13-5-2-4-8(9,10)11/h7,12H,2-6H2,1H3. The van der Waals surface area contributed by atoms with Gasteiger partial charge in [-0.25, -0.2) is 0 Å². The second-order valence-corrected chi connectivity index (χ2v) is 2.97. The predicted molar refractivity (Wildman–Crippen MR) is 42.4 cm³/mol. The van der Waals surface area contributed by atoms with Crippen molar-refractivity contribution in [3.63, 3.8) is 0 Å². The Morgan fingerprint density at radius 3 is 2.38 bits per heavy atom. The van der Waals surface area contributed by atoms with Crippen molar-refractivity contribution in [2.24, 2.45) is 0 Å². The SMILES string of the molecule is CC(O)CCOCCCC(F)(F)F. The number of ether oxygens (including phenoxy) is 1. The van der Waals surface area contributed by atoms with Gasteiger partial charge in [0, 0.05) is 19.6 Å². The number of alkyl halides is 3. The van der Waals surface area contributed by atoms with Gasteiger partial charge in [0.2, 0.25) is 0 Å². The van der Waals surface area contributed by atoms with Crippen LogP contribution in [-0.2, 0) is 4.74 Å². The maximum absolute atomic E-state index is 11.6. The Morgan fingerprint density at radius 2 is 1.92 bits per heavy atom. The van der Waals surface area contributed by atoms with Gasteiger partial charge in [0.1, 0.15) is 0 Å². The van der Waals surface area contributed by atoms with Gasteiger partial charge in [-0.1, -0.05) is 0 Å². The van der Waals surface area contributed by atoms with Crippen molar-refractivity contribution < 1.29 is 23.0 Å². The molecule has 1 unspecified atom stereocenters. The van der Waals surface area contributed by atoms with Crippen molar-refractivity contribution in [1.29, 1.82) is 0 Å². The summed E-state index contributed by atoms with van der Waals surface area (Å²) in [5.74, 6) is 0. The van der Waals surface area contributed by atoms with Crippen molar-refractivity contribution in [1.82, 2.24) is 0 Å². The van der Waals surface area contributed by atoms with E-state index in [1.165, 1.54) is 0 Å². The monoisotopic (exact) mass is 200 g/mol. The van der Waals surface area contributed by atoms with Gasteiger partial charge in [-0.2, -0.15) is 13.2 Å². The molecule has 80 valence electrons. The molecule has 5 heteroatoms. The number of aliphatic hydroxyl groups excluding tert-OH is 1. The molecule has 0 heterocycles. The molecule has 0 bridgehead atoms. The molecule has 0 saturated carbocycles. The first-order valence-corrected chi connectivity index (χ1v) is 4.24. The molecule has 0 saturated heterocycles. The van der Waals surface area contributed by atoms with Crippen LogP contribution < -0.4 is 0 Å². The first-order valence-electron chi connectivity index (χ1n) is 4.24. The van der Waals surface area contributed by atoms with Crippen LogP contribution in [0.25, 0.3) is 0 Å². The summed E-state index contributed by atoms with van der Waals surface area (Å²) in [7, 11) is 0. The van der Waals surface area contributed by atoms with Crippen molar-refractivity contribution in [2.45, 2.75) is 38.5 Å². The van der Waals surface area contributed by atoms with Gasteiger partial charge in [0.15, 0.2) is 0 Å². The Hall–Kier alpha value is -0.290. The van der Waals surface area contributed by atoms with E-state index >= 15 is 0 Å². The van der Waals surface area contributed by atoms with Crippen LogP contribution >= 0.6 is 0 Å². The van der Waals surface area contributed by atoms with Crippen LogP contribution in [0.5, 0.6) is 0 Å². The lowest BCUT2D eigenvalue weighted by Crippen LogP contribution is -2.10. The lowest BCUT2D eigenvalue weighted by atomic mass is 10.3. The van der Waals surface area contributed by atoms with E-state index < -0.39 is 18.7 Å². The minimum absolute atomic E-state index is 0.0106. The normalized spacial score (nSPS) is 14.5. The van der Waals surface area contributed by atoms with E-state index in [0.717, 1.165) is 0 Å². The van der Waals surface area contributed by atoms with E-state index in [9.17, 15) is 13.2 Å². The van der Waals surface area contributed by atoms with Crippen molar-refractivity contribution in [2.75, 3.05) is 13.2 Å².